The third kappa shape index (κ3) is 5.40. The maximum atomic E-state index is 10.2. The summed E-state index contributed by atoms with van der Waals surface area (Å²) < 4.78 is 5.17. The maximum absolute atomic E-state index is 10.2. The average Bonchev–Trinajstić information content (AvgIpc) is 2.16. The van der Waals surface area contributed by atoms with E-state index in [4.69, 9.17) is 0 Å². The van der Waals surface area contributed by atoms with Crippen LogP contribution in [-0.4, -0.2) is 37.4 Å². The number of carbonyl (C=O) groups excluding carboxylic acids is 1. The number of hydrogen-bond acceptors (Lipinski definition) is 2. The number of hydrogen-bond donors (Lipinski definition) is 0. The Balaban J connectivity index is 4.18. The van der Waals surface area contributed by atoms with Crippen molar-refractivity contribution in [3.05, 3.63) is 12.3 Å². The van der Waals surface area contributed by atoms with E-state index in [9.17, 15) is 4.79 Å². The molecule has 0 atom stereocenters. The molecule has 0 aliphatic carbocycles. The Kier molecular flexibility index (Phi) is 8.72. The van der Waals surface area contributed by atoms with Gasteiger partial charge < -0.3 is 0 Å². The SMILES string of the molecule is CCC[N](/C=C\C=O)[In]([CH2]C)[CH2]C. The standard InChI is InChI=1S/C6H11NO.2C2H5.In/c1-2-4-7-5-3-6-8;2*1-2;/h3,5-6H,2,4H2,1H3,(H,7,8);2*1H2,2H3;/q;;;+1/p-1. The molecule has 0 unspecified atom stereocenters. The first-order valence-corrected chi connectivity index (χ1v) is 11.3. The summed E-state index contributed by atoms with van der Waals surface area (Å²) >= 11 is -1.46. The fourth-order valence-corrected chi connectivity index (χ4v) is 8.62. The van der Waals surface area contributed by atoms with Gasteiger partial charge in [0.15, 0.2) is 0 Å². The average molecular weight is 285 g/mol. The van der Waals surface area contributed by atoms with Gasteiger partial charge in [-0.15, -0.1) is 0 Å². The van der Waals surface area contributed by atoms with Crippen LogP contribution in [0.1, 0.15) is 27.2 Å². The molecule has 0 heterocycles. The van der Waals surface area contributed by atoms with Crippen molar-refractivity contribution in [1.82, 2.24) is 2.89 Å². The van der Waals surface area contributed by atoms with Crippen molar-refractivity contribution in [2.75, 3.05) is 6.54 Å². The van der Waals surface area contributed by atoms with Crippen LogP contribution in [0.5, 0.6) is 0 Å². The Morgan fingerprint density at radius 2 is 1.85 bits per heavy atom. The van der Waals surface area contributed by atoms with Gasteiger partial charge in [0.25, 0.3) is 0 Å². The molecule has 13 heavy (non-hydrogen) atoms. The molecule has 0 aromatic carbocycles. The Morgan fingerprint density at radius 3 is 2.23 bits per heavy atom. The number of allylic oxidation sites excluding steroid dienone is 1. The van der Waals surface area contributed by atoms with Crippen molar-refractivity contribution in [1.29, 1.82) is 0 Å². The minimum absolute atomic E-state index is 0.872. The van der Waals surface area contributed by atoms with E-state index in [0.717, 1.165) is 12.8 Å². The number of nitrogens with zero attached hydrogens (tertiary/aromatic N) is 1. The van der Waals surface area contributed by atoms with Crippen molar-refractivity contribution in [2.24, 2.45) is 0 Å². The van der Waals surface area contributed by atoms with Crippen molar-refractivity contribution >= 4 is 28.0 Å². The molecule has 74 valence electrons. The molecule has 2 nitrogen and oxygen atoms in total. The molecule has 0 fully saturated rings. The summed E-state index contributed by atoms with van der Waals surface area (Å²) in [4.78, 5) is 10.2. The third-order valence-corrected chi connectivity index (χ3v) is 11.5. The van der Waals surface area contributed by atoms with Gasteiger partial charge in [0.2, 0.25) is 0 Å². The number of aldehydes is 1. The van der Waals surface area contributed by atoms with Crippen LogP contribution in [0.4, 0.5) is 0 Å². The number of rotatable bonds is 7. The summed E-state index contributed by atoms with van der Waals surface area (Å²) in [6.45, 7) is 7.88. The minimum atomic E-state index is -1.46. The molecule has 0 radical (unpaired) electrons. The first kappa shape index (κ1) is 13.1. The van der Waals surface area contributed by atoms with Gasteiger partial charge >= 0.3 is 90.1 Å². The van der Waals surface area contributed by atoms with Crippen molar-refractivity contribution in [3.63, 3.8) is 0 Å². The Morgan fingerprint density at radius 1 is 1.23 bits per heavy atom. The van der Waals surface area contributed by atoms with E-state index < -0.39 is 21.7 Å². The molecule has 0 bridgehead atoms. The van der Waals surface area contributed by atoms with Crippen LogP contribution in [0.15, 0.2) is 12.3 Å². The molecular weight excluding hydrogens is 265 g/mol. The predicted molar refractivity (Wildman–Crippen MR) is 58.9 cm³/mol. The fraction of sp³-hybridized carbons (Fsp3) is 0.700. The van der Waals surface area contributed by atoms with Gasteiger partial charge in [-0.3, -0.25) is 0 Å². The second kappa shape index (κ2) is 8.67. The monoisotopic (exact) mass is 285 g/mol. The molecule has 0 saturated carbocycles. The van der Waals surface area contributed by atoms with Crippen LogP contribution in [0, 0.1) is 0 Å². The van der Waals surface area contributed by atoms with Gasteiger partial charge in [-0.05, 0) is 0 Å². The molecule has 0 spiro atoms. The van der Waals surface area contributed by atoms with E-state index in [2.05, 4.69) is 23.7 Å². The Bertz CT molecular complexity index is 155. The molecule has 0 N–H and O–H groups in total. The Hall–Kier alpha value is 0.0801. The molecule has 0 aliphatic heterocycles. The number of carbonyl (C=O) groups is 1. The normalized spacial score (nSPS) is 10.4. The van der Waals surface area contributed by atoms with E-state index in [0.29, 0.717) is 0 Å². The van der Waals surface area contributed by atoms with E-state index in [1.807, 2.05) is 6.20 Å². The summed E-state index contributed by atoms with van der Waals surface area (Å²) in [7, 11) is 0. The second-order valence-electron chi connectivity index (χ2n) is 3.19. The van der Waals surface area contributed by atoms with Crippen LogP contribution < -0.4 is 0 Å². The topological polar surface area (TPSA) is 20.3 Å². The summed E-state index contributed by atoms with van der Waals surface area (Å²) in [5.41, 5.74) is 0. The summed E-state index contributed by atoms with van der Waals surface area (Å²) in [5, 5.41) is 0. The van der Waals surface area contributed by atoms with Crippen LogP contribution in [0.25, 0.3) is 0 Å². The van der Waals surface area contributed by atoms with Crippen LogP contribution in [-0.2, 0) is 4.79 Å². The third-order valence-electron chi connectivity index (χ3n) is 2.25. The second-order valence-corrected chi connectivity index (χ2v) is 13.5. The van der Waals surface area contributed by atoms with Crippen LogP contribution in [0.3, 0.4) is 0 Å². The molecule has 0 aromatic heterocycles. The molecule has 3 heteroatoms. The van der Waals surface area contributed by atoms with Crippen molar-refractivity contribution in [3.8, 4) is 0 Å². The zero-order valence-corrected chi connectivity index (χ0v) is 12.3. The van der Waals surface area contributed by atoms with E-state index >= 15 is 0 Å². The molecular formula is C10H20InNO. The van der Waals surface area contributed by atoms with E-state index in [1.165, 1.54) is 14.8 Å². The first-order valence-electron chi connectivity index (χ1n) is 5.17. The predicted octanol–water partition coefficient (Wildman–Crippen LogP) is 2.44. The first-order chi connectivity index (χ1) is 6.29. The molecule has 0 aromatic rings. The van der Waals surface area contributed by atoms with Crippen molar-refractivity contribution in [2.45, 2.75) is 35.5 Å². The quantitative estimate of drug-likeness (QED) is 0.529. The van der Waals surface area contributed by atoms with Crippen LogP contribution in [0.2, 0.25) is 8.35 Å². The van der Waals surface area contributed by atoms with Gasteiger partial charge in [-0.1, -0.05) is 0 Å². The van der Waals surface area contributed by atoms with E-state index in [-0.39, 0.29) is 0 Å². The van der Waals surface area contributed by atoms with Gasteiger partial charge in [-0.2, -0.15) is 0 Å². The van der Waals surface area contributed by atoms with E-state index in [1.54, 1.807) is 6.08 Å². The Labute approximate surface area is 89.9 Å². The van der Waals surface area contributed by atoms with Gasteiger partial charge in [-0.25, -0.2) is 0 Å². The molecule has 0 amide bonds. The van der Waals surface area contributed by atoms with Crippen molar-refractivity contribution < 1.29 is 4.79 Å². The van der Waals surface area contributed by atoms with Gasteiger partial charge in [0.05, 0.1) is 0 Å². The summed E-state index contributed by atoms with van der Waals surface area (Å²) in [6.07, 6.45) is 5.68. The fourth-order valence-electron chi connectivity index (χ4n) is 1.54. The summed E-state index contributed by atoms with van der Waals surface area (Å²) in [6, 6.07) is 0. The molecule has 0 saturated heterocycles. The summed E-state index contributed by atoms with van der Waals surface area (Å²) in [5.74, 6) is 0. The zero-order valence-electron chi connectivity index (χ0n) is 8.99. The molecule has 0 aliphatic rings. The molecule has 0 rings (SSSR count). The van der Waals surface area contributed by atoms with Gasteiger partial charge in [0, 0.05) is 0 Å². The van der Waals surface area contributed by atoms with Gasteiger partial charge in [0.1, 0.15) is 0 Å². The zero-order chi connectivity index (χ0) is 10.1. The van der Waals surface area contributed by atoms with Crippen LogP contribution >= 0.6 is 0 Å².